The van der Waals surface area contributed by atoms with E-state index in [-0.39, 0.29) is 0 Å². The first kappa shape index (κ1) is 13.4. The fourth-order valence-corrected chi connectivity index (χ4v) is 4.29. The van der Waals surface area contributed by atoms with Crippen LogP contribution in [0.5, 0.6) is 0 Å². The molecule has 0 atom stereocenters. The third-order valence-corrected chi connectivity index (χ3v) is 4.89. The smallest absolute Gasteiger partial charge is 0.0449 e. The van der Waals surface area contributed by atoms with E-state index < -0.39 is 7.80 Å². The molecule has 0 N–H and O–H groups in total. The van der Waals surface area contributed by atoms with Crippen LogP contribution in [-0.2, 0) is 0 Å². The van der Waals surface area contributed by atoms with Crippen LogP contribution >= 0.6 is 7.80 Å². The SMILES string of the molecule is [B-][PH+](c1cc(C)cc(C)c1)c1cc(C)cc(C)c1. The van der Waals surface area contributed by atoms with Crippen LogP contribution in [0.3, 0.4) is 0 Å². The first-order valence-corrected chi connectivity index (χ1v) is 7.83. The van der Waals surface area contributed by atoms with Gasteiger partial charge in [-0.3, -0.25) is 7.57 Å². The summed E-state index contributed by atoms with van der Waals surface area (Å²) in [5.41, 5.74) is 5.18. The molecule has 0 amide bonds. The van der Waals surface area contributed by atoms with Crippen molar-refractivity contribution in [2.24, 2.45) is 0 Å². The van der Waals surface area contributed by atoms with Crippen LogP contribution in [0.1, 0.15) is 22.3 Å². The van der Waals surface area contributed by atoms with Crippen molar-refractivity contribution < 1.29 is 0 Å². The predicted molar refractivity (Wildman–Crippen MR) is 85.2 cm³/mol. The van der Waals surface area contributed by atoms with Crippen LogP contribution in [0.25, 0.3) is 0 Å². The minimum atomic E-state index is -1.13. The Kier molecular flexibility index (Phi) is 3.92. The highest BCUT2D eigenvalue weighted by Crippen LogP contribution is 2.29. The summed E-state index contributed by atoms with van der Waals surface area (Å²) in [6.45, 7) is 8.53. The third-order valence-electron chi connectivity index (χ3n) is 3.07. The van der Waals surface area contributed by atoms with Crippen LogP contribution in [0.15, 0.2) is 36.4 Å². The van der Waals surface area contributed by atoms with Crippen molar-refractivity contribution in [3.63, 3.8) is 0 Å². The summed E-state index contributed by atoms with van der Waals surface area (Å²) < 4.78 is 0. The Morgan fingerprint density at radius 3 is 1.17 bits per heavy atom. The molecular formula is C16H19BP. The van der Waals surface area contributed by atoms with Gasteiger partial charge in [0.25, 0.3) is 0 Å². The molecule has 0 aromatic heterocycles. The molecule has 18 heavy (non-hydrogen) atoms. The Morgan fingerprint density at radius 2 is 0.889 bits per heavy atom. The maximum atomic E-state index is 6.49. The van der Waals surface area contributed by atoms with Gasteiger partial charge in [-0.25, -0.2) is 0 Å². The molecule has 0 aliphatic heterocycles. The Labute approximate surface area is 113 Å². The summed E-state index contributed by atoms with van der Waals surface area (Å²) in [7, 11) is 5.36. The first-order chi connectivity index (χ1) is 8.45. The van der Waals surface area contributed by atoms with E-state index in [1.54, 1.807) is 0 Å². The normalized spacial score (nSPS) is 11.0. The van der Waals surface area contributed by atoms with E-state index in [1.807, 2.05) is 0 Å². The molecule has 0 fully saturated rings. The molecule has 0 saturated heterocycles. The van der Waals surface area contributed by atoms with Gasteiger partial charge in [0.05, 0.1) is 0 Å². The molecule has 0 unspecified atom stereocenters. The quantitative estimate of drug-likeness (QED) is 0.569. The topological polar surface area (TPSA) is 0 Å². The number of benzene rings is 2. The zero-order valence-corrected chi connectivity index (χ0v) is 12.5. The molecule has 2 aromatic rings. The van der Waals surface area contributed by atoms with Gasteiger partial charge in [-0.2, -0.15) is 7.80 Å². The molecular weight excluding hydrogens is 234 g/mol. The molecule has 2 aromatic carbocycles. The van der Waals surface area contributed by atoms with Gasteiger partial charge in [-0.05, 0) is 74.2 Å². The minimum absolute atomic E-state index is 1.13. The van der Waals surface area contributed by atoms with Gasteiger partial charge < -0.3 is 0 Å². The van der Waals surface area contributed by atoms with Crippen LogP contribution in [0.4, 0.5) is 0 Å². The molecule has 0 aliphatic carbocycles. The maximum absolute atomic E-state index is 6.49. The van der Waals surface area contributed by atoms with Crippen molar-refractivity contribution in [3.8, 4) is 0 Å². The molecule has 0 spiro atoms. The Morgan fingerprint density at radius 1 is 0.611 bits per heavy atom. The fraction of sp³-hybridized carbons (Fsp3) is 0.250. The summed E-state index contributed by atoms with van der Waals surface area (Å²) in [6.07, 6.45) is 0. The second-order valence-corrected chi connectivity index (χ2v) is 7.15. The van der Waals surface area contributed by atoms with Gasteiger partial charge in [-0.15, -0.1) is 0 Å². The van der Waals surface area contributed by atoms with Crippen molar-refractivity contribution in [2.45, 2.75) is 27.7 Å². The van der Waals surface area contributed by atoms with Crippen molar-refractivity contribution in [1.82, 2.24) is 0 Å². The average molecular weight is 253 g/mol. The zero-order valence-electron chi connectivity index (χ0n) is 11.5. The van der Waals surface area contributed by atoms with Crippen molar-refractivity contribution in [2.75, 3.05) is 0 Å². The number of hydrogen-bond donors (Lipinski definition) is 0. The fourth-order valence-electron chi connectivity index (χ4n) is 2.43. The molecule has 0 aliphatic rings. The van der Waals surface area contributed by atoms with E-state index in [0.29, 0.717) is 0 Å². The van der Waals surface area contributed by atoms with Crippen molar-refractivity contribution >= 4 is 26.0 Å². The molecule has 2 rings (SSSR count). The molecule has 2 heteroatoms. The minimum Gasteiger partial charge on any atom is -0.295 e. The molecule has 3 radical (unpaired) electrons. The summed E-state index contributed by atoms with van der Waals surface area (Å²) in [5, 5.41) is 2.59. The van der Waals surface area contributed by atoms with Gasteiger partial charge in [0.1, 0.15) is 0 Å². The van der Waals surface area contributed by atoms with Gasteiger partial charge in [0.15, 0.2) is 0 Å². The van der Waals surface area contributed by atoms with E-state index >= 15 is 0 Å². The van der Waals surface area contributed by atoms with E-state index in [0.717, 1.165) is 0 Å². The lowest BCUT2D eigenvalue weighted by Gasteiger charge is -2.19. The van der Waals surface area contributed by atoms with Crippen LogP contribution in [-0.4, -0.2) is 7.57 Å². The maximum Gasteiger partial charge on any atom is 0.0449 e. The Balaban J connectivity index is 2.43. The molecule has 0 saturated carbocycles. The molecule has 0 heterocycles. The van der Waals surface area contributed by atoms with Crippen LogP contribution in [0, 0.1) is 27.7 Å². The lowest BCUT2D eigenvalue weighted by molar-refractivity contribution is 1.40. The lowest BCUT2D eigenvalue weighted by atomic mass is 10.2. The van der Waals surface area contributed by atoms with E-state index in [2.05, 4.69) is 64.1 Å². The summed E-state index contributed by atoms with van der Waals surface area (Å²) in [4.78, 5) is 0. The highest BCUT2D eigenvalue weighted by molar-refractivity contribution is 7.94. The highest BCUT2D eigenvalue weighted by Gasteiger charge is 2.08. The molecule has 0 bridgehead atoms. The lowest BCUT2D eigenvalue weighted by Crippen LogP contribution is -2.13. The molecule has 0 nitrogen and oxygen atoms in total. The predicted octanol–water partition coefficient (Wildman–Crippen LogP) is 3.17. The zero-order chi connectivity index (χ0) is 13.3. The number of aryl methyl sites for hydroxylation is 4. The van der Waals surface area contributed by atoms with E-state index in [4.69, 9.17) is 7.57 Å². The monoisotopic (exact) mass is 253 g/mol. The van der Waals surface area contributed by atoms with Crippen LogP contribution in [0.2, 0.25) is 0 Å². The highest BCUT2D eigenvalue weighted by atomic mass is 31.1. The molecule has 91 valence electrons. The van der Waals surface area contributed by atoms with Gasteiger partial charge >= 0.3 is 0 Å². The first-order valence-electron chi connectivity index (χ1n) is 6.25. The van der Waals surface area contributed by atoms with Gasteiger partial charge in [0.2, 0.25) is 0 Å². The summed E-state index contributed by atoms with van der Waals surface area (Å²) in [5.74, 6) is 0. The third kappa shape index (κ3) is 3.03. The summed E-state index contributed by atoms with van der Waals surface area (Å²) >= 11 is 0. The average Bonchev–Trinajstić information content (AvgIpc) is 2.25. The standard InChI is InChI=1S/C16H19BP/c1-11-5-12(2)8-15(7-11)18(17)16-9-13(3)6-14(4)10-16/h5-10,18H,1-4H3. The number of rotatable bonds is 2. The Bertz CT molecular complexity index is 483. The van der Waals surface area contributed by atoms with Gasteiger partial charge in [0, 0.05) is 10.6 Å². The largest absolute Gasteiger partial charge is 0.295 e. The van der Waals surface area contributed by atoms with Crippen molar-refractivity contribution in [1.29, 1.82) is 0 Å². The van der Waals surface area contributed by atoms with Crippen molar-refractivity contribution in [3.05, 3.63) is 58.7 Å². The van der Waals surface area contributed by atoms with Gasteiger partial charge in [-0.1, -0.05) is 12.1 Å². The Hall–Kier alpha value is -1.07. The van der Waals surface area contributed by atoms with Crippen LogP contribution < -0.4 is 10.6 Å². The van der Waals surface area contributed by atoms with E-state index in [1.165, 1.54) is 32.9 Å². The van der Waals surface area contributed by atoms with E-state index in [9.17, 15) is 0 Å². The second-order valence-electron chi connectivity index (χ2n) is 5.17. The second kappa shape index (κ2) is 5.28. The summed E-state index contributed by atoms with van der Waals surface area (Å²) in [6, 6.07) is 13.3. The number of hydrogen-bond acceptors (Lipinski definition) is 0.